The van der Waals surface area contributed by atoms with Crippen LogP contribution in [0.25, 0.3) is 0 Å². The summed E-state index contributed by atoms with van der Waals surface area (Å²) in [6.45, 7) is 0.389. The first-order valence-corrected chi connectivity index (χ1v) is 9.20. The molecule has 0 radical (unpaired) electrons. The lowest BCUT2D eigenvalue weighted by Crippen LogP contribution is -2.06. The quantitative estimate of drug-likeness (QED) is 0.660. The molecule has 0 saturated heterocycles. The highest BCUT2D eigenvalue weighted by atomic mass is 16.6. The molecular weight excluding hydrogens is 370 g/mol. The van der Waals surface area contributed by atoms with Gasteiger partial charge >= 0.3 is 0 Å². The second-order valence-corrected chi connectivity index (χ2v) is 6.61. The Balaban J connectivity index is 1.31. The fourth-order valence-corrected chi connectivity index (χ4v) is 3.05. The molecule has 0 aromatic carbocycles. The minimum atomic E-state index is -0.188. The van der Waals surface area contributed by atoms with E-state index in [1.54, 1.807) is 25.7 Å². The monoisotopic (exact) mass is 391 g/mol. The Morgan fingerprint density at radius 2 is 2.00 bits per heavy atom. The van der Waals surface area contributed by atoms with Crippen molar-refractivity contribution in [3.63, 3.8) is 0 Å². The number of hydrogen-bond acceptors (Lipinski definition) is 8. The lowest BCUT2D eigenvalue weighted by Gasteiger charge is -2.10. The van der Waals surface area contributed by atoms with Gasteiger partial charge in [0.05, 0.1) is 12.8 Å². The van der Waals surface area contributed by atoms with Crippen molar-refractivity contribution in [1.82, 2.24) is 15.0 Å². The van der Waals surface area contributed by atoms with Gasteiger partial charge in [0.25, 0.3) is 0 Å². The summed E-state index contributed by atoms with van der Waals surface area (Å²) in [7, 11) is 1.58. The lowest BCUT2D eigenvalue weighted by molar-refractivity contribution is 0.0860. The van der Waals surface area contributed by atoms with Crippen molar-refractivity contribution in [2.45, 2.75) is 25.6 Å². The Labute approximate surface area is 168 Å². The summed E-state index contributed by atoms with van der Waals surface area (Å²) in [6.07, 6.45) is 6.29. The van der Waals surface area contributed by atoms with Crippen LogP contribution in [0.3, 0.4) is 0 Å². The summed E-state index contributed by atoms with van der Waals surface area (Å²) in [5, 5.41) is 4.20. The highest BCUT2D eigenvalue weighted by Gasteiger charge is 2.25. The molecule has 4 heterocycles. The van der Waals surface area contributed by atoms with Crippen LogP contribution in [-0.2, 0) is 17.9 Å². The number of nitrogens with zero attached hydrogens (tertiary/aromatic N) is 4. The third kappa shape index (κ3) is 4.60. The molecule has 1 aliphatic rings. The molecule has 8 heteroatoms. The van der Waals surface area contributed by atoms with Gasteiger partial charge in [-0.1, -0.05) is 11.2 Å². The van der Waals surface area contributed by atoms with Crippen LogP contribution >= 0.6 is 0 Å². The topological polar surface area (TPSA) is 105 Å². The molecule has 1 aliphatic heterocycles. The molecule has 3 aromatic rings. The molecular formula is C21H21N5O3. The molecule has 148 valence electrons. The highest BCUT2D eigenvalue weighted by molar-refractivity contribution is 5.87. The van der Waals surface area contributed by atoms with Gasteiger partial charge in [0.1, 0.15) is 12.4 Å². The van der Waals surface area contributed by atoms with Gasteiger partial charge < -0.3 is 20.0 Å². The first-order chi connectivity index (χ1) is 14.2. The van der Waals surface area contributed by atoms with Crippen molar-refractivity contribution < 1.29 is 14.3 Å². The van der Waals surface area contributed by atoms with E-state index in [1.165, 1.54) is 0 Å². The zero-order valence-corrected chi connectivity index (χ0v) is 16.0. The fraction of sp³-hybridized carbons (Fsp3) is 0.238. The van der Waals surface area contributed by atoms with Crippen LogP contribution in [0.2, 0.25) is 0 Å². The maximum absolute atomic E-state index is 5.93. The van der Waals surface area contributed by atoms with E-state index >= 15 is 0 Å². The zero-order valence-electron chi connectivity index (χ0n) is 16.0. The zero-order chi connectivity index (χ0) is 20.1. The average molecular weight is 391 g/mol. The second-order valence-electron chi connectivity index (χ2n) is 6.61. The maximum atomic E-state index is 5.93. The number of nitrogen functional groups attached to an aromatic ring is 1. The molecule has 1 unspecified atom stereocenters. The number of pyridine rings is 3. The number of anilines is 1. The molecule has 8 nitrogen and oxygen atoms in total. The van der Waals surface area contributed by atoms with Crippen molar-refractivity contribution in [3.05, 3.63) is 71.7 Å². The van der Waals surface area contributed by atoms with E-state index in [-0.39, 0.29) is 6.10 Å². The van der Waals surface area contributed by atoms with Crippen LogP contribution in [0.5, 0.6) is 11.8 Å². The SMILES string of the molecule is COc1cc(COc2ccc(CC3=NOC(c4cccnc4N)C3)cn2)ccn1. The van der Waals surface area contributed by atoms with Gasteiger partial charge in [-0.15, -0.1) is 0 Å². The van der Waals surface area contributed by atoms with E-state index in [4.69, 9.17) is 20.0 Å². The molecule has 29 heavy (non-hydrogen) atoms. The van der Waals surface area contributed by atoms with Crippen LogP contribution in [0.1, 0.15) is 29.2 Å². The van der Waals surface area contributed by atoms with E-state index in [0.717, 1.165) is 22.4 Å². The van der Waals surface area contributed by atoms with Crippen molar-refractivity contribution >= 4 is 11.5 Å². The van der Waals surface area contributed by atoms with Gasteiger partial charge in [-0.05, 0) is 29.3 Å². The summed E-state index contributed by atoms with van der Waals surface area (Å²) < 4.78 is 10.8. The minimum Gasteiger partial charge on any atom is -0.481 e. The average Bonchev–Trinajstić information content (AvgIpc) is 3.22. The largest absolute Gasteiger partial charge is 0.481 e. The van der Waals surface area contributed by atoms with E-state index in [9.17, 15) is 0 Å². The molecule has 0 amide bonds. The highest BCUT2D eigenvalue weighted by Crippen LogP contribution is 2.30. The number of hydrogen-bond donors (Lipinski definition) is 1. The van der Waals surface area contributed by atoms with Crippen molar-refractivity contribution in [2.75, 3.05) is 12.8 Å². The van der Waals surface area contributed by atoms with E-state index in [0.29, 0.717) is 37.0 Å². The first-order valence-electron chi connectivity index (χ1n) is 9.20. The molecule has 2 N–H and O–H groups in total. The van der Waals surface area contributed by atoms with Gasteiger partial charge in [-0.3, -0.25) is 0 Å². The Bertz CT molecular complexity index is 1010. The normalized spacial score (nSPS) is 15.5. The van der Waals surface area contributed by atoms with Crippen LogP contribution in [0.15, 0.2) is 60.1 Å². The maximum Gasteiger partial charge on any atom is 0.213 e. The minimum absolute atomic E-state index is 0.188. The van der Waals surface area contributed by atoms with E-state index < -0.39 is 0 Å². The molecule has 4 rings (SSSR count). The molecule has 0 saturated carbocycles. The van der Waals surface area contributed by atoms with Crippen LogP contribution in [0, 0.1) is 0 Å². The van der Waals surface area contributed by atoms with Gasteiger partial charge in [0.15, 0.2) is 6.10 Å². The number of aromatic nitrogens is 3. The number of ether oxygens (including phenoxy) is 2. The molecule has 0 aliphatic carbocycles. The molecule has 0 bridgehead atoms. The van der Waals surface area contributed by atoms with Crippen molar-refractivity contribution in [1.29, 1.82) is 0 Å². The molecule has 3 aromatic heterocycles. The Hall–Kier alpha value is -3.68. The fourth-order valence-electron chi connectivity index (χ4n) is 3.05. The second kappa shape index (κ2) is 8.55. The lowest BCUT2D eigenvalue weighted by atomic mass is 10.0. The molecule has 0 fully saturated rings. The van der Waals surface area contributed by atoms with Crippen molar-refractivity contribution in [2.24, 2.45) is 5.16 Å². The number of methoxy groups -OCH3 is 1. The summed E-state index contributed by atoms with van der Waals surface area (Å²) in [6, 6.07) is 11.3. The van der Waals surface area contributed by atoms with Gasteiger partial charge in [0, 0.05) is 49.1 Å². The molecule has 0 spiro atoms. The van der Waals surface area contributed by atoms with Crippen LogP contribution in [-0.4, -0.2) is 27.8 Å². The Kier molecular flexibility index (Phi) is 5.51. The standard InChI is InChI=1S/C21H21N5O3/c1-27-20-10-15(6-8-23-20)13-28-19-5-4-14(12-25-19)9-16-11-18(29-26-16)17-3-2-7-24-21(17)22/h2-8,10,12,18H,9,11,13H2,1H3,(H2,22,24). The predicted molar refractivity (Wildman–Crippen MR) is 108 cm³/mol. The summed E-state index contributed by atoms with van der Waals surface area (Å²) in [4.78, 5) is 18.1. The number of oxime groups is 1. The number of rotatable bonds is 7. The third-order valence-corrected chi connectivity index (χ3v) is 4.55. The van der Waals surface area contributed by atoms with E-state index in [1.807, 2.05) is 36.4 Å². The number of nitrogens with two attached hydrogens (primary N) is 1. The van der Waals surface area contributed by atoms with Gasteiger partial charge in [-0.25, -0.2) is 15.0 Å². The Morgan fingerprint density at radius 3 is 2.79 bits per heavy atom. The van der Waals surface area contributed by atoms with Crippen LogP contribution in [0.4, 0.5) is 5.82 Å². The van der Waals surface area contributed by atoms with Crippen LogP contribution < -0.4 is 15.2 Å². The molecule has 1 atom stereocenters. The smallest absolute Gasteiger partial charge is 0.213 e. The Morgan fingerprint density at radius 1 is 1.07 bits per heavy atom. The van der Waals surface area contributed by atoms with Gasteiger partial charge in [0.2, 0.25) is 11.8 Å². The van der Waals surface area contributed by atoms with E-state index in [2.05, 4.69) is 20.1 Å². The van der Waals surface area contributed by atoms with Crippen molar-refractivity contribution in [3.8, 4) is 11.8 Å². The summed E-state index contributed by atoms with van der Waals surface area (Å²) in [5.74, 6) is 1.58. The third-order valence-electron chi connectivity index (χ3n) is 4.55. The first kappa shape index (κ1) is 18.7. The van der Waals surface area contributed by atoms with Gasteiger partial charge in [-0.2, -0.15) is 0 Å². The predicted octanol–water partition coefficient (Wildman–Crippen LogP) is 3.10. The summed E-state index contributed by atoms with van der Waals surface area (Å²) in [5.41, 5.74) is 9.72. The summed E-state index contributed by atoms with van der Waals surface area (Å²) >= 11 is 0.